The molecule has 0 fully saturated rings. The number of nitrogens with two attached hydrogens (primary N) is 1. The van der Waals surface area contributed by atoms with Gasteiger partial charge in [0.25, 0.3) is 0 Å². The molecule has 0 aliphatic heterocycles. The Hall–Kier alpha value is -2.01. The van der Waals surface area contributed by atoms with Gasteiger partial charge in [-0.3, -0.25) is 5.41 Å². The summed E-state index contributed by atoms with van der Waals surface area (Å²) >= 11 is 0. The van der Waals surface area contributed by atoms with Crippen molar-refractivity contribution >= 4 is 5.84 Å². The Labute approximate surface area is 113 Å². The second-order valence-corrected chi connectivity index (χ2v) is 3.84. The Bertz CT molecular complexity index is 511. The molecule has 0 aliphatic carbocycles. The zero-order valence-corrected chi connectivity index (χ0v) is 10.1. The third kappa shape index (κ3) is 4.23. The summed E-state index contributed by atoms with van der Waals surface area (Å²) in [7, 11) is 0. The van der Waals surface area contributed by atoms with E-state index in [9.17, 15) is 30.7 Å². The number of halogens is 7. The molecule has 0 atom stereocenters. The zero-order chi connectivity index (χ0) is 16.4. The average Bonchev–Trinajstić information content (AvgIpc) is 2.67. The minimum atomic E-state index is -5.77. The Kier molecular flexibility index (Phi) is 4.69. The van der Waals surface area contributed by atoms with Crippen molar-refractivity contribution in [2.45, 2.75) is 31.7 Å². The third-order valence-corrected chi connectivity index (χ3v) is 2.28. The molecule has 1 aromatic heterocycles. The third-order valence-electron chi connectivity index (χ3n) is 2.28. The van der Waals surface area contributed by atoms with Gasteiger partial charge in [0.05, 0.1) is 6.54 Å². The Morgan fingerprint density at radius 3 is 2.33 bits per heavy atom. The summed E-state index contributed by atoms with van der Waals surface area (Å²) in [6.45, 7) is -4.40. The molecule has 5 nitrogen and oxygen atoms in total. The SMILES string of the molecule is N=C(N)c1cc(OC(F)F)n(CCC(F)(F)C(F)(F)F)n1. The normalized spacial score (nSPS) is 12.8. The van der Waals surface area contributed by atoms with Gasteiger partial charge in [0, 0.05) is 12.5 Å². The largest absolute Gasteiger partial charge is 0.453 e. The van der Waals surface area contributed by atoms with Crippen LogP contribution in [-0.4, -0.2) is 34.3 Å². The minimum Gasteiger partial charge on any atom is -0.417 e. The van der Waals surface area contributed by atoms with Crippen molar-refractivity contribution in [3.8, 4) is 5.88 Å². The Morgan fingerprint density at radius 2 is 1.90 bits per heavy atom. The van der Waals surface area contributed by atoms with Crippen molar-refractivity contribution in [1.82, 2.24) is 9.78 Å². The highest BCUT2D eigenvalue weighted by Gasteiger charge is 2.56. The second kappa shape index (κ2) is 5.77. The predicted molar refractivity (Wildman–Crippen MR) is 55.5 cm³/mol. The van der Waals surface area contributed by atoms with Crippen molar-refractivity contribution in [3.05, 3.63) is 11.8 Å². The van der Waals surface area contributed by atoms with Crippen LogP contribution >= 0.6 is 0 Å². The maximum atomic E-state index is 12.8. The highest BCUT2D eigenvalue weighted by atomic mass is 19.4. The zero-order valence-electron chi connectivity index (χ0n) is 10.1. The van der Waals surface area contributed by atoms with Gasteiger partial charge in [-0.1, -0.05) is 0 Å². The van der Waals surface area contributed by atoms with Gasteiger partial charge >= 0.3 is 18.7 Å². The van der Waals surface area contributed by atoms with E-state index >= 15 is 0 Å². The quantitative estimate of drug-likeness (QED) is 0.479. The molecule has 0 saturated heterocycles. The lowest BCUT2D eigenvalue weighted by atomic mass is 10.2. The van der Waals surface area contributed by atoms with Crippen LogP contribution in [0.15, 0.2) is 6.07 Å². The van der Waals surface area contributed by atoms with E-state index in [2.05, 4.69) is 9.84 Å². The van der Waals surface area contributed by atoms with Crippen molar-refractivity contribution in [2.75, 3.05) is 0 Å². The summed E-state index contributed by atoms with van der Waals surface area (Å²) in [4.78, 5) is 0. The first-order chi connectivity index (χ1) is 9.44. The van der Waals surface area contributed by atoms with Crippen LogP contribution in [0.3, 0.4) is 0 Å². The maximum Gasteiger partial charge on any atom is 0.453 e. The van der Waals surface area contributed by atoms with Crippen molar-refractivity contribution in [3.63, 3.8) is 0 Å². The van der Waals surface area contributed by atoms with E-state index in [0.717, 1.165) is 6.07 Å². The van der Waals surface area contributed by atoms with Crippen molar-refractivity contribution in [1.29, 1.82) is 5.41 Å². The smallest absolute Gasteiger partial charge is 0.417 e. The van der Waals surface area contributed by atoms with Gasteiger partial charge in [-0.05, 0) is 0 Å². The number of amidine groups is 1. The van der Waals surface area contributed by atoms with E-state index in [4.69, 9.17) is 11.1 Å². The molecule has 120 valence electrons. The number of hydrogen-bond donors (Lipinski definition) is 2. The van der Waals surface area contributed by atoms with Crippen LogP contribution in [0.2, 0.25) is 0 Å². The van der Waals surface area contributed by atoms with E-state index in [1.54, 1.807) is 0 Å². The van der Waals surface area contributed by atoms with Crippen LogP contribution in [-0.2, 0) is 6.54 Å². The fourth-order valence-electron chi connectivity index (χ4n) is 1.27. The molecule has 12 heteroatoms. The van der Waals surface area contributed by atoms with E-state index in [0.29, 0.717) is 4.68 Å². The Morgan fingerprint density at radius 1 is 1.33 bits per heavy atom. The topological polar surface area (TPSA) is 76.9 Å². The van der Waals surface area contributed by atoms with Gasteiger partial charge in [0.1, 0.15) is 11.5 Å². The number of hydrogen-bond acceptors (Lipinski definition) is 3. The second-order valence-electron chi connectivity index (χ2n) is 3.84. The van der Waals surface area contributed by atoms with Crippen LogP contribution in [0.4, 0.5) is 30.7 Å². The molecule has 1 rings (SSSR count). The molecule has 3 N–H and O–H groups in total. The summed E-state index contributed by atoms with van der Waals surface area (Å²) in [6, 6.07) is 0.736. The number of nitrogens with one attached hydrogen (secondary N) is 1. The fraction of sp³-hybridized carbons (Fsp3) is 0.556. The first-order valence-electron chi connectivity index (χ1n) is 5.25. The standard InChI is InChI=1S/C9H9F7N4O/c10-7(11)21-5-3-4(6(17)18)19-20(5)2-1-8(12,13)9(14,15)16/h3,7H,1-2H2,(H3,17,18). The number of alkyl halides is 7. The van der Waals surface area contributed by atoms with Gasteiger partial charge < -0.3 is 10.5 Å². The van der Waals surface area contributed by atoms with Gasteiger partial charge in [-0.15, -0.1) is 0 Å². The molecule has 0 aliphatic rings. The number of aromatic nitrogens is 2. The number of rotatable bonds is 6. The molecular formula is C9H9F7N4O. The number of ether oxygens (including phenoxy) is 1. The summed E-state index contributed by atoms with van der Waals surface area (Å²) in [5.41, 5.74) is 4.63. The molecule has 0 bridgehead atoms. The number of nitrogen functional groups attached to an aromatic ring is 1. The molecule has 0 aromatic carbocycles. The molecule has 0 amide bonds. The number of aryl methyl sites for hydroxylation is 1. The van der Waals surface area contributed by atoms with E-state index < -0.39 is 43.4 Å². The van der Waals surface area contributed by atoms with Crippen LogP contribution in [0.5, 0.6) is 5.88 Å². The first-order valence-corrected chi connectivity index (χ1v) is 5.25. The average molecular weight is 322 g/mol. The highest BCUT2D eigenvalue weighted by Crippen LogP contribution is 2.38. The molecule has 0 saturated carbocycles. The highest BCUT2D eigenvalue weighted by molar-refractivity contribution is 5.93. The summed E-state index contributed by atoms with van der Waals surface area (Å²) in [5, 5.41) is 10.4. The molecule has 1 heterocycles. The van der Waals surface area contributed by atoms with Gasteiger partial charge in [-0.25, -0.2) is 4.68 Å². The van der Waals surface area contributed by atoms with E-state index in [-0.39, 0.29) is 5.69 Å². The lowest BCUT2D eigenvalue weighted by Crippen LogP contribution is -2.37. The first kappa shape index (κ1) is 17.0. The van der Waals surface area contributed by atoms with Crippen LogP contribution in [0.1, 0.15) is 12.1 Å². The number of nitrogens with zero attached hydrogens (tertiary/aromatic N) is 2. The van der Waals surface area contributed by atoms with Crippen LogP contribution < -0.4 is 10.5 Å². The molecule has 0 unspecified atom stereocenters. The molecule has 21 heavy (non-hydrogen) atoms. The van der Waals surface area contributed by atoms with E-state index in [1.807, 2.05) is 0 Å². The molecular weight excluding hydrogens is 313 g/mol. The molecule has 1 aromatic rings. The van der Waals surface area contributed by atoms with E-state index in [1.165, 1.54) is 0 Å². The van der Waals surface area contributed by atoms with Gasteiger partial charge in [0.15, 0.2) is 0 Å². The summed E-state index contributed by atoms with van der Waals surface area (Å²) < 4.78 is 90.0. The monoisotopic (exact) mass is 322 g/mol. The maximum absolute atomic E-state index is 12.8. The fourth-order valence-corrected chi connectivity index (χ4v) is 1.27. The minimum absolute atomic E-state index is 0.364. The lowest BCUT2D eigenvalue weighted by molar-refractivity contribution is -0.285. The molecule has 0 radical (unpaired) electrons. The van der Waals surface area contributed by atoms with Crippen LogP contribution in [0, 0.1) is 5.41 Å². The van der Waals surface area contributed by atoms with Crippen molar-refractivity contribution in [2.24, 2.45) is 5.73 Å². The van der Waals surface area contributed by atoms with Crippen molar-refractivity contribution < 1.29 is 35.5 Å². The Balaban J connectivity index is 2.94. The summed E-state index contributed by atoms with van der Waals surface area (Å²) in [5.74, 6) is -6.47. The predicted octanol–water partition coefficient (Wildman–Crippen LogP) is 2.36. The molecule has 0 spiro atoms. The van der Waals surface area contributed by atoms with Gasteiger partial charge in [0.2, 0.25) is 5.88 Å². The van der Waals surface area contributed by atoms with Gasteiger partial charge in [-0.2, -0.15) is 35.8 Å². The lowest BCUT2D eigenvalue weighted by Gasteiger charge is -2.19. The summed E-state index contributed by atoms with van der Waals surface area (Å²) in [6.07, 6.45) is -7.50. The van der Waals surface area contributed by atoms with Crippen LogP contribution in [0.25, 0.3) is 0 Å².